The predicted octanol–water partition coefficient (Wildman–Crippen LogP) is 1.59. The summed E-state index contributed by atoms with van der Waals surface area (Å²) < 4.78 is 0. The van der Waals surface area contributed by atoms with Gasteiger partial charge >= 0.3 is 0 Å². The number of amides is 2. The number of benzene rings is 1. The molecule has 1 aromatic carbocycles. The number of hydrogen-bond donors (Lipinski definition) is 2. The second-order valence-electron chi connectivity index (χ2n) is 5.70. The first-order chi connectivity index (χ1) is 10.4. The van der Waals surface area contributed by atoms with Crippen molar-refractivity contribution in [1.82, 2.24) is 10.2 Å². The van der Waals surface area contributed by atoms with Crippen molar-refractivity contribution in [1.29, 1.82) is 0 Å². The zero-order chi connectivity index (χ0) is 16.7. The van der Waals surface area contributed by atoms with Crippen molar-refractivity contribution < 1.29 is 14.7 Å². The van der Waals surface area contributed by atoms with E-state index in [0.717, 1.165) is 5.56 Å². The maximum absolute atomic E-state index is 12.5. The van der Waals surface area contributed by atoms with Gasteiger partial charge in [0.25, 0.3) is 5.91 Å². The molecule has 2 N–H and O–H groups in total. The van der Waals surface area contributed by atoms with Crippen LogP contribution in [0.15, 0.2) is 24.3 Å². The number of aryl methyl sites for hydroxylation is 1. The van der Waals surface area contributed by atoms with Gasteiger partial charge in [0.1, 0.15) is 6.04 Å². The number of hydrogen-bond acceptors (Lipinski definition) is 3. The molecule has 1 unspecified atom stereocenters. The van der Waals surface area contributed by atoms with Crippen molar-refractivity contribution in [2.24, 2.45) is 5.92 Å². The smallest absolute Gasteiger partial charge is 0.251 e. The number of carbonyl (C=O) groups excluding carboxylic acids is 2. The topological polar surface area (TPSA) is 69.6 Å². The maximum Gasteiger partial charge on any atom is 0.251 e. The fraction of sp³-hybridized carbons (Fsp3) is 0.529. The van der Waals surface area contributed by atoms with Crippen LogP contribution in [0.25, 0.3) is 0 Å². The second kappa shape index (κ2) is 8.54. The number of nitrogens with one attached hydrogen (secondary N) is 1. The fourth-order valence-corrected chi connectivity index (χ4v) is 2.18. The quantitative estimate of drug-likeness (QED) is 0.804. The molecule has 0 aliphatic rings. The van der Waals surface area contributed by atoms with Gasteiger partial charge in [-0.25, -0.2) is 0 Å². The van der Waals surface area contributed by atoms with Crippen LogP contribution in [0.3, 0.4) is 0 Å². The van der Waals surface area contributed by atoms with Gasteiger partial charge in [-0.05, 0) is 31.9 Å². The zero-order valence-corrected chi connectivity index (χ0v) is 13.8. The Morgan fingerprint density at radius 1 is 1.23 bits per heavy atom. The normalized spacial score (nSPS) is 12.1. The van der Waals surface area contributed by atoms with Crippen molar-refractivity contribution in [2.45, 2.75) is 33.7 Å². The summed E-state index contributed by atoms with van der Waals surface area (Å²) in [6.45, 7) is 8.29. The number of rotatable bonds is 7. The molecule has 0 fully saturated rings. The summed E-state index contributed by atoms with van der Waals surface area (Å²) in [5, 5.41) is 11.9. The van der Waals surface area contributed by atoms with Gasteiger partial charge in [-0.15, -0.1) is 0 Å². The Morgan fingerprint density at radius 2 is 1.82 bits per heavy atom. The van der Waals surface area contributed by atoms with E-state index in [1.807, 2.05) is 39.8 Å². The lowest BCUT2D eigenvalue weighted by Crippen LogP contribution is -2.51. The highest BCUT2D eigenvalue weighted by molar-refractivity contribution is 5.97. The molecule has 1 aromatic rings. The Hall–Kier alpha value is -1.88. The van der Waals surface area contributed by atoms with Gasteiger partial charge < -0.3 is 15.3 Å². The first-order valence-electron chi connectivity index (χ1n) is 7.67. The summed E-state index contributed by atoms with van der Waals surface area (Å²) >= 11 is 0. The van der Waals surface area contributed by atoms with Crippen molar-refractivity contribution in [3.05, 3.63) is 35.4 Å². The van der Waals surface area contributed by atoms with E-state index in [0.29, 0.717) is 12.1 Å². The molecule has 1 atom stereocenters. The molecule has 0 spiro atoms. The van der Waals surface area contributed by atoms with Gasteiger partial charge in [-0.3, -0.25) is 9.59 Å². The van der Waals surface area contributed by atoms with Gasteiger partial charge in [-0.2, -0.15) is 0 Å². The Labute approximate surface area is 132 Å². The third-order valence-corrected chi connectivity index (χ3v) is 3.60. The highest BCUT2D eigenvalue weighted by Crippen LogP contribution is 2.09. The third-order valence-electron chi connectivity index (χ3n) is 3.60. The summed E-state index contributed by atoms with van der Waals surface area (Å²) in [5.41, 5.74) is 1.61. The average Bonchev–Trinajstić information content (AvgIpc) is 2.49. The van der Waals surface area contributed by atoms with Crippen LogP contribution in [-0.2, 0) is 4.79 Å². The van der Waals surface area contributed by atoms with Gasteiger partial charge in [0.15, 0.2) is 0 Å². The lowest BCUT2D eigenvalue weighted by atomic mass is 10.0. The number of likely N-dealkylation sites (N-methyl/N-ethyl adjacent to an activating group) is 1. The molecule has 22 heavy (non-hydrogen) atoms. The molecule has 5 nitrogen and oxygen atoms in total. The van der Waals surface area contributed by atoms with Crippen LogP contribution < -0.4 is 5.32 Å². The van der Waals surface area contributed by atoms with Crippen LogP contribution in [0, 0.1) is 12.8 Å². The van der Waals surface area contributed by atoms with Crippen molar-refractivity contribution in [3.63, 3.8) is 0 Å². The summed E-state index contributed by atoms with van der Waals surface area (Å²) in [6, 6.07) is 6.63. The van der Waals surface area contributed by atoms with Crippen LogP contribution in [0.5, 0.6) is 0 Å². The molecule has 0 aromatic heterocycles. The van der Waals surface area contributed by atoms with Crippen LogP contribution in [-0.4, -0.2) is 47.6 Å². The lowest BCUT2D eigenvalue weighted by Gasteiger charge is -2.28. The van der Waals surface area contributed by atoms with E-state index in [2.05, 4.69) is 5.32 Å². The highest BCUT2D eigenvalue weighted by atomic mass is 16.3. The molecule has 5 heteroatoms. The van der Waals surface area contributed by atoms with Crippen molar-refractivity contribution >= 4 is 11.8 Å². The van der Waals surface area contributed by atoms with Crippen molar-refractivity contribution in [2.75, 3.05) is 19.7 Å². The minimum Gasteiger partial charge on any atom is -0.395 e. The molecule has 0 radical (unpaired) electrons. The fourth-order valence-electron chi connectivity index (χ4n) is 2.18. The summed E-state index contributed by atoms with van der Waals surface area (Å²) in [6.07, 6.45) is 0. The van der Waals surface area contributed by atoms with Crippen molar-refractivity contribution in [3.8, 4) is 0 Å². The highest BCUT2D eigenvalue weighted by Gasteiger charge is 2.28. The second-order valence-corrected chi connectivity index (χ2v) is 5.70. The van der Waals surface area contributed by atoms with Crippen LogP contribution in [0.1, 0.15) is 36.7 Å². The van der Waals surface area contributed by atoms with Crippen LogP contribution >= 0.6 is 0 Å². The SMILES string of the molecule is CCN(CCO)C(=O)C(NC(=O)c1ccc(C)cc1)C(C)C. The predicted molar refractivity (Wildman–Crippen MR) is 86.6 cm³/mol. The Balaban J connectivity index is 2.85. The molecular formula is C17H26N2O3. The summed E-state index contributed by atoms with van der Waals surface area (Å²) in [5.74, 6) is -0.450. The molecule has 0 saturated heterocycles. The molecule has 0 saturated carbocycles. The Morgan fingerprint density at radius 3 is 2.27 bits per heavy atom. The van der Waals surface area contributed by atoms with E-state index >= 15 is 0 Å². The number of aliphatic hydroxyl groups is 1. The summed E-state index contributed by atoms with van der Waals surface area (Å²) in [7, 11) is 0. The Kier molecular flexibility index (Phi) is 7.05. The van der Waals surface area contributed by atoms with E-state index in [1.54, 1.807) is 17.0 Å². The zero-order valence-electron chi connectivity index (χ0n) is 13.8. The van der Waals surface area contributed by atoms with Gasteiger partial charge in [0.05, 0.1) is 6.61 Å². The first kappa shape index (κ1) is 18.2. The number of nitrogens with zero attached hydrogens (tertiary/aromatic N) is 1. The molecule has 0 bridgehead atoms. The molecule has 0 heterocycles. The lowest BCUT2D eigenvalue weighted by molar-refractivity contribution is -0.134. The standard InChI is InChI=1S/C17H26N2O3/c1-5-19(10-11-20)17(22)15(12(2)3)18-16(21)14-8-6-13(4)7-9-14/h6-9,12,15,20H,5,10-11H2,1-4H3,(H,18,21). The first-order valence-corrected chi connectivity index (χ1v) is 7.67. The van der Waals surface area contributed by atoms with Gasteiger partial charge in [0.2, 0.25) is 5.91 Å². The van der Waals surface area contributed by atoms with Gasteiger partial charge in [-0.1, -0.05) is 31.5 Å². The average molecular weight is 306 g/mol. The van der Waals surface area contributed by atoms with Crippen LogP contribution in [0.4, 0.5) is 0 Å². The largest absolute Gasteiger partial charge is 0.395 e. The third kappa shape index (κ3) is 4.84. The summed E-state index contributed by atoms with van der Waals surface area (Å²) in [4.78, 5) is 26.4. The minimum absolute atomic E-state index is 0.0327. The molecule has 0 aliphatic carbocycles. The Bertz CT molecular complexity index is 497. The van der Waals surface area contributed by atoms with E-state index in [-0.39, 0.29) is 30.9 Å². The number of aliphatic hydroxyl groups excluding tert-OH is 1. The molecular weight excluding hydrogens is 280 g/mol. The maximum atomic E-state index is 12.5. The van der Waals surface area contributed by atoms with Gasteiger partial charge in [0, 0.05) is 18.7 Å². The van der Waals surface area contributed by atoms with E-state index in [9.17, 15) is 9.59 Å². The molecule has 2 amide bonds. The monoisotopic (exact) mass is 306 g/mol. The molecule has 1 rings (SSSR count). The number of carbonyl (C=O) groups is 2. The van der Waals surface area contributed by atoms with E-state index in [4.69, 9.17) is 5.11 Å². The molecule has 0 aliphatic heterocycles. The van der Waals surface area contributed by atoms with E-state index in [1.165, 1.54) is 0 Å². The van der Waals surface area contributed by atoms with Crippen LogP contribution in [0.2, 0.25) is 0 Å². The molecule has 122 valence electrons. The van der Waals surface area contributed by atoms with E-state index < -0.39 is 6.04 Å². The minimum atomic E-state index is -0.597.